The summed E-state index contributed by atoms with van der Waals surface area (Å²) < 4.78 is 7.72. The van der Waals surface area contributed by atoms with Gasteiger partial charge in [0.05, 0.1) is 6.20 Å². The number of nitrogens with one attached hydrogen (secondary N) is 1. The molecule has 0 saturated heterocycles. The second-order valence-corrected chi connectivity index (χ2v) is 6.17. The fourth-order valence-electron chi connectivity index (χ4n) is 1.92. The van der Waals surface area contributed by atoms with Crippen molar-refractivity contribution in [1.82, 2.24) is 10.3 Å². The lowest BCUT2D eigenvalue weighted by molar-refractivity contribution is 0.478. The Morgan fingerprint density at radius 2 is 2.00 bits per heavy atom. The van der Waals surface area contributed by atoms with Crippen LogP contribution in [0, 0.1) is 0 Å². The molecule has 0 bridgehead atoms. The van der Waals surface area contributed by atoms with Gasteiger partial charge in [-0.25, -0.2) is 0 Å². The number of nitrogens with zero attached hydrogens (tertiary/aromatic N) is 1. The Morgan fingerprint density at radius 1 is 1.20 bits per heavy atom. The zero-order valence-corrected chi connectivity index (χ0v) is 14.5. The van der Waals surface area contributed by atoms with Crippen molar-refractivity contribution in [2.75, 3.05) is 6.54 Å². The third-order valence-corrected chi connectivity index (χ3v) is 3.98. The van der Waals surface area contributed by atoms with E-state index in [9.17, 15) is 0 Å². The van der Waals surface area contributed by atoms with Gasteiger partial charge in [0.1, 0.15) is 11.5 Å². The largest absolute Gasteiger partial charge is 0.456 e. The van der Waals surface area contributed by atoms with Crippen molar-refractivity contribution in [2.45, 2.75) is 19.9 Å². The highest BCUT2D eigenvalue weighted by Gasteiger charge is 2.09. The van der Waals surface area contributed by atoms with Gasteiger partial charge in [-0.2, -0.15) is 0 Å². The third-order valence-electron chi connectivity index (χ3n) is 2.86. The molecule has 0 radical (unpaired) electrons. The van der Waals surface area contributed by atoms with E-state index in [1.54, 1.807) is 12.4 Å². The maximum absolute atomic E-state index is 5.79. The summed E-state index contributed by atoms with van der Waals surface area (Å²) in [6, 6.07) is 8.20. The van der Waals surface area contributed by atoms with Crippen LogP contribution >= 0.6 is 31.9 Å². The second-order valence-electron chi connectivity index (χ2n) is 4.40. The van der Waals surface area contributed by atoms with Crippen LogP contribution in [-0.2, 0) is 0 Å². The quantitative estimate of drug-likeness (QED) is 0.761. The van der Waals surface area contributed by atoms with E-state index < -0.39 is 0 Å². The Bertz CT molecular complexity index is 590. The molecule has 0 aliphatic heterocycles. The van der Waals surface area contributed by atoms with E-state index in [0.717, 1.165) is 21.2 Å². The minimum Gasteiger partial charge on any atom is -0.456 e. The minimum absolute atomic E-state index is 0.302. The fourth-order valence-corrected chi connectivity index (χ4v) is 2.97. The summed E-state index contributed by atoms with van der Waals surface area (Å²) in [4.78, 5) is 4.08. The number of benzene rings is 1. The standard InChI is InChI=1S/C15H16Br2N2O/c1-3-19-10(2)14-5-4-12(7-15(14)17)20-13-6-11(16)8-18-9-13/h4-10,19H,3H2,1-2H3. The van der Waals surface area contributed by atoms with Crippen LogP contribution in [0.15, 0.2) is 45.6 Å². The van der Waals surface area contributed by atoms with Crippen molar-refractivity contribution in [1.29, 1.82) is 0 Å². The van der Waals surface area contributed by atoms with Crippen LogP contribution in [0.25, 0.3) is 0 Å². The summed E-state index contributed by atoms with van der Waals surface area (Å²) in [6.45, 7) is 5.18. The van der Waals surface area contributed by atoms with Gasteiger partial charge in [0.25, 0.3) is 0 Å². The lowest BCUT2D eigenvalue weighted by Gasteiger charge is -2.15. The molecular formula is C15H16Br2N2O. The first kappa shape index (κ1) is 15.5. The molecule has 20 heavy (non-hydrogen) atoms. The van der Waals surface area contributed by atoms with Crippen molar-refractivity contribution < 1.29 is 4.74 Å². The van der Waals surface area contributed by atoms with Gasteiger partial charge in [-0.15, -0.1) is 0 Å². The molecule has 1 aromatic carbocycles. The van der Waals surface area contributed by atoms with Gasteiger partial charge in [-0.3, -0.25) is 4.98 Å². The fraction of sp³-hybridized carbons (Fsp3) is 0.267. The van der Waals surface area contributed by atoms with Crippen LogP contribution in [0.4, 0.5) is 0 Å². The Balaban J connectivity index is 2.17. The van der Waals surface area contributed by atoms with Crippen molar-refractivity contribution >= 4 is 31.9 Å². The Hall–Kier alpha value is -0.910. The van der Waals surface area contributed by atoms with E-state index in [1.165, 1.54) is 5.56 Å². The Labute approximate surface area is 136 Å². The highest BCUT2D eigenvalue weighted by Crippen LogP contribution is 2.30. The van der Waals surface area contributed by atoms with Crippen molar-refractivity contribution in [3.63, 3.8) is 0 Å². The van der Waals surface area contributed by atoms with Gasteiger partial charge in [0.15, 0.2) is 0 Å². The number of halogens is 2. The summed E-state index contributed by atoms with van der Waals surface area (Å²) >= 11 is 6.98. The molecule has 1 aromatic heterocycles. The normalized spacial score (nSPS) is 12.2. The summed E-state index contributed by atoms with van der Waals surface area (Å²) in [5, 5.41) is 3.39. The molecule has 2 rings (SSSR count). The van der Waals surface area contributed by atoms with Gasteiger partial charge in [0.2, 0.25) is 0 Å². The van der Waals surface area contributed by atoms with Gasteiger partial charge < -0.3 is 10.1 Å². The number of ether oxygens (including phenoxy) is 1. The predicted octanol–water partition coefficient (Wildman–Crippen LogP) is 5.07. The van der Waals surface area contributed by atoms with Crippen molar-refractivity contribution in [3.05, 3.63) is 51.2 Å². The summed E-state index contributed by atoms with van der Waals surface area (Å²) in [5.41, 5.74) is 1.21. The first-order valence-electron chi connectivity index (χ1n) is 6.41. The van der Waals surface area contributed by atoms with E-state index >= 15 is 0 Å². The van der Waals surface area contributed by atoms with E-state index in [-0.39, 0.29) is 0 Å². The van der Waals surface area contributed by atoms with Crippen molar-refractivity contribution in [2.24, 2.45) is 0 Å². The monoisotopic (exact) mass is 398 g/mol. The summed E-state index contributed by atoms with van der Waals surface area (Å²) in [5.74, 6) is 1.49. The average Bonchev–Trinajstić information content (AvgIpc) is 2.39. The Kier molecular flexibility index (Phi) is 5.57. The molecule has 0 saturated carbocycles. The number of aromatic nitrogens is 1. The first-order chi connectivity index (χ1) is 9.60. The lowest BCUT2D eigenvalue weighted by Crippen LogP contribution is -2.17. The highest BCUT2D eigenvalue weighted by atomic mass is 79.9. The van der Waals surface area contributed by atoms with Gasteiger partial charge in [0, 0.05) is 21.2 Å². The molecule has 0 aliphatic rings. The van der Waals surface area contributed by atoms with E-state index in [4.69, 9.17) is 4.74 Å². The van der Waals surface area contributed by atoms with Crippen LogP contribution in [0.5, 0.6) is 11.5 Å². The van der Waals surface area contributed by atoms with Crippen LogP contribution < -0.4 is 10.1 Å². The smallest absolute Gasteiger partial charge is 0.146 e. The molecule has 1 N–H and O–H groups in total. The van der Waals surface area contributed by atoms with Crippen LogP contribution in [-0.4, -0.2) is 11.5 Å². The van der Waals surface area contributed by atoms with E-state index in [1.807, 2.05) is 18.2 Å². The highest BCUT2D eigenvalue weighted by molar-refractivity contribution is 9.10. The van der Waals surface area contributed by atoms with E-state index in [0.29, 0.717) is 11.8 Å². The average molecular weight is 400 g/mol. The summed E-state index contributed by atoms with van der Waals surface area (Å²) in [7, 11) is 0. The molecule has 1 atom stereocenters. The zero-order valence-electron chi connectivity index (χ0n) is 11.4. The maximum Gasteiger partial charge on any atom is 0.146 e. The molecule has 2 aromatic rings. The van der Waals surface area contributed by atoms with Crippen LogP contribution in [0.3, 0.4) is 0 Å². The molecule has 5 heteroatoms. The Morgan fingerprint density at radius 3 is 2.65 bits per heavy atom. The molecule has 0 aliphatic carbocycles. The van der Waals surface area contributed by atoms with Crippen molar-refractivity contribution in [3.8, 4) is 11.5 Å². The van der Waals surface area contributed by atoms with Gasteiger partial charge >= 0.3 is 0 Å². The molecular weight excluding hydrogens is 384 g/mol. The van der Waals surface area contributed by atoms with Gasteiger partial charge in [-0.1, -0.05) is 28.9 Å². The second kappa shape index (κ2) is 7.20. The molecule has 3 nitrogen and oxygen atoms in total. The molecule has 106 valence electrons. The predicted molar refractivity (Wildman–Crippen MR) is 88.2 cm³/mol. The van der Waals surface area contributed by atoms with E-state index in [2.05, 4.69) is 62.1 Å². The zero-order chi connectivity index (χ0) is 14.5. The van der Waals surface area contributed by atoms with Crippen LogP contribution in [0.2, 0.25) is 0 Å². The van der Waals surface area contributed by atoms with Crippen LogP contribution in [0.1, 0.15) is 25.5 Å². The number of hydrogen-bond acceptors (Lipinski definition) is 3. The summed E-state index contributed by atoms with van der Waals surface area (Å²) in [6.07, 6.45) is 3.41. The molecule has 1 unspecified atom stereocenters. The van der Waals surface area contributed by atoms with Gasteiger partial charge in [-0.05, 0) is 53.2 Å². The maximum atomic E-state index is 5.79. The number of rotatable bonds is 5. The third kappa shape index (κ3) is 4.04. The SMILES string of the molecule is CCNC(C)c1ccc(Oc2cncc(Br)c2)cc1Br. The molecule has 0 fully saturated rings. The number of hydrogen-bond donors (Lipinski definition) is 1. The lowest BCUT2D eigenvalue weighted by atomic mass is 10.1. The minimum atomic E-state index is 0.302. The topological polar surface area (TPSA) is 34.1 Å². The molecule has 0 amide bonds. The molecule has 1 heterocycles. The molecule has 0 spiro atoms. The number of pyridine rings is 1. The first-order valence-corrected chi connectivity index (χ1v) is 8.00.